The first kappa shape index (κ1) is 19.0. The number of nitrogens with one attached hydrogen (secondary N) is 2. The van der Waals surface area contributed by atoms with E-state index in [2.05, 4.69) is 50.7 Å². The molecule has 1 saturated heterocycles. The smallest absolute Gasteiger partial charge is 0.317 e. The Morgan fingerprint density at radius 1 is 1.36 bits per heavy atom. The first-order valence-electron chi connectivity index (χ1n) is 9.78. The molecule has 28 heavy (non-hydrogen) atoms. The van der Waals surface area contributed by atoms with Crippen molar-refractivity contribution < 1.29 is 4.79 Å². The lowest BCUT2D eigenvalue weighted by Crippen LogP contribution is -2.48. The molecule has 0 atom stereocenters. The van der Waals surface area contributed by atoms with Crippen molar-refractivity contribution in [2.24, 2.45) is 0 Å². The Morgan fingerprint density at radius 2 is 2.18 bits per heavy atom. The van der Waals surface area contributed by atoms with E-state index in [0.29, 0.717) is 6.54 Å². The van der Waals surface area contributed by atoms with E-state index in [9.17, 15) is 4.79 Å². The molecular weight excluding hydrogens is 370 g/mol. The Labute approximate surface area is 169 Å². The molecule has 1 aromatic carbocycles. The minimum absolute atomic E-state index is 0.0339. The zero-order chi connectivity index (χ0) is 19.5. The number of fused-ring (bicyclic) bond motifs is 1. The number of aromatic nitrogens is 2. The van der Waals surface area contributed by atoms with Gasteiger partial charge in [-0.15, -0.1) is 11.3 Å². The summed E-state index contributed by atoms with van der Waals surface area (Å²) < 4.78 is 0. The van der Waals surface area contributed by atoms with Gasteiger partial charge in [-0.25, -0.2) is 9.78 Å². The number of likely N-dealkylation sites (tertiary alicyclic amines) is 1. The second-order valence-electron chi connectivity index (χ2n) is 7.64. The molecule has 0 spiro atoms. The molecule has 0 unspecified atom stereocenters. The molecule has 1 fully saturated rings. The number of hydrogen-bond donors (Lipinski definition) is 2. The van der Waals surface area contributed by atoms with Crippen molar-refractivity contribution in [2.45, 2.75) is 38.9 Å². The van der Waals surface area contributed by atoms with Crippen molar-refractivity contribution in [3.63, 3.8) is 0 Å². The van der Waals surface area contributed by atoms with Crippen LogP contribution in [0.2, 0.25) is 0 Å². The monoisotopic (exact) mass is 397 g/mol. The average molecular weight is 398 g/mol. The van der Waals surface area contributed by atoms with Crippen LogP contribution in [-0.2, 0) is 13.1 Å². The van der Waals surface area contributed by atoms with E-state index in [1.807, 2.05) is 30.5 Å². The minimum Gasteiger partial charge on any atom is -0.340 e. The predicted octanol–water partition coefficient (Wildman–Crippen LogP) is 3.74. The Hall–Kier alpha value is -2.38. The van der Waals surface area contributed by atoms with Crippen LogP contribution in [0.1, 0.15) is 29.1 Å². The highest BCUT2D eigenvalue weighted by Crippen LogP contribution is 2.17. The van der Waals surface area contributed by atoms with E-state index in [1.54, 1.807) is 4.90 Å². The fourth-order valence-corrected chi connectivity index (χ4v) is 4.44. The molecule has 3 aromatic rings. The van der Waals surface area contributed by atoms with Crippen LogP contribution < -0.4 is 5.32 Å². The van der Waals surface area contributed by atoms with Crippen molar-refractivity contribution in [3.05, 3.63) is 52.0 Å². The summed E-state index contributed by atoms with van der Waals surface area (Å²) in [6, 6.07) is 10.6. The minimum atomic E-state index is -0.0339. The molecule has 2 aromatic heterocycles. The number of aryl methyl sites for hydroxylation is 1. The van der Waals surface area contributed by atoms with Gasteiger partial charge in [0, 0.05) is 37.6 Å². The SMILES string of the molecule is Cc1ccc2nc(CN(C)C(=O)NC3CCN(Cc4cccs4)CC3)[nH]c2c1. The number of thiophene rings is 1. The van der Waals surface area contributed by atoms with Crippen molar-refractivity contribution in [2.75, 3.05) is 20.1 Å². The molecule has 1 aliphatic heterocycles. The summed E-state index contributed by atoms with van der Waals surface area (Å²) in [6.45, 7) is 5.59. The van der Waals surface area contributed by atoms with Crippen LogP contribution in [-0.4, -0.2) is 52.0 Å². The van der Waals surface area contributed by atoms with Crippen LogP contribution >= 0.6 is 11.3 Å². The Bertz CT molecular complexity index is 928. The highest BCUT2D eigenvalue weighted by atomic mass is 32.1. The molecule has 0 saturated carbocycles. The van der Waals surface area contributed by atoms with Crippen LogP contribution in [0, 0.1) is 6.92 Å². The van der Waals surface area contributed by atoms with Gasteiger partial charge in [-0.3, -0.25) is 4.90 Å². The molecule has 148 valence electrons. The van der Waals surface area contributed by atoms with Gasteiger partial charge in [-0.1, -0.05) is 12.1 Å². The summed E-state index contributed by atoms with van der Waals surface area (Å²) in [7, 11) is 1.82. The normalized spacial score (nSPS) is 15.8. The van der Waals surface area contributed by atoms with Gasteiger partial charge in [0.1, 0.15) is 5.82 Å². The standard InChI is InChI=1S/C21H27N5OS/c1-15-5-6-18-19(12-15)24-20(23-18)14-25(2)21(27)22-16-7-9-26(10-8-16)13-17-4-3-11-28-17/h3-6,11-12,16H,7-10,13-14H2,1-2H3,(H,22,27)(H,23,24). The quantitative estimate of drug-likeness (QED) is 0.689. The molecule has 3 heterocycles. The number of imidazole rings is 1. The third-order valence-electron chi connectivity index (χ3n) is 5.29. The molecule has 2 N–H and O–H groups in total. The third-order valence-corrected chi connectivity index (χ3v) is 6.16. The van der Waals surface area contributed by atoms with Crippen molar-refractivity contribution in [1.29, 1.82) is 0 Å². The van der Waals surface area contributed by atoms with Gasteiger partial charge in [0.25, 0.3) is 0 Å². The van der Waals surface area contributed by atoms with E-state index in [4.69, 9.17) is 0 Å². The van der Waals surface area contributed by atoms with Gasteiger partial charge >= 0.3 is 6.03 Å². The van der Waals surface area contributed by atoms with Gasteiger partial charge in [0.05, 0.1) is 17.6 Å². The number of aromatic amines is 1. The maximum atomic E-state index is 12.6. The van der Waals surface area contributed by atoms with Gasteiger partial charge in [-0.05, 0) is 48.9 Å². The first-order valence-corrected chi connectivity index (χ1v) is 10.7. The number of carbonyl (C=O) groups excluding carboxylic acids is 1. The highest BCUT2D eigenvalue weighted by molar-refractivity contribution is 7.09. The van der Waals surface area contributed by atoms with Crippen molar-refractivity contribution in [1.82, 2.24) is 25.1 Å². The zero-order valence-corrected chi connectivity index (χ0v) is 17.3. The van der Waals surface area contributed by atoms with Crippen LogP contribution in [0.15, 0.2) is 35.7 Å². The summed E-state index contributed by atoms with van der Waals surface area (Å²) >= 11 is 1.81. The van der Waals surface area contributed by atoms with E-state index in [0.717, 1.165) is 49.3 Å². The summed E-state index contributed by atoms with van der Waals surface area (Å²) in [6.07, 6.45) is 1.99. The van der Waals surface area contributed by atoms with Gasteiger partial charge in [0.15, 0.2) is 0 Å². The number of hydrogen-bond acceptors (Lipinski definition) is 4. The predicted molar refractivity (Wildman–Crippen MR) is 113 cm³/mol. The third kappa shape index (κ3) is 4.54. The van der Waals surface area contributed by atoms with Gasteiger partial charge < -0.3 is 15.2 Å². The number of urea groups is 1. The molecule has 0 aliphatic carbocycles. The molecule has 1 aliphatic rings. The molecular formula is C21H27N5OS. The van der Waals surface area contributed by atoms with E-state index in [1.165, 1.54) is 10.4 Å². The summed E-state index contributed by atoms with van der Waals surface area (Å²) in [5.41, 5.74) is 3.15. The Kier molecular flexibility index (Phi) is 5.64. The lowest BCUT2D eigenvalue weighted by atomic mass is 10.1. The maximum absolute atomic E-state index is 12.6. The molecule has 0 radical (unpaired) electrons. The number of benzene rings is 1. The maximum Gasteiger partial charge on any atom is 0.317 e. The second kappa shape index (κ2) is 8.32. The molecule has 7 heteroatoms. The van der Waals surface area contributed by atoms with Crippen LogP contribution in [0.25, 0.3) is 11.0 Å². The Morgan fingerprint density at radius 3 is 2.93 bits per heavy atom. The van der Waals surface area contributed by atoms with Gasteiger partial charge in [0.2, 0.25) is 0 Å². The molecule has 0 bridgehead atoms. The lowest BCUT2D eigenvalue weighted by molar-refractivity contribution is 0.173. The van der Waals surface area contributed by atoms with Crippen molar-refractivity contribution >= 4 is 28.4 Å². The van der Waals surface area contributed by atoms with E-state index in [-0.39, 0.29) is 12.1 Å². The van der Waals surface area contributed by atoms with Crippen LogP contribution in [0.3, 0.4) is 0 Å². The number of nitrogens with zero attached hydrogens (tertiary/aromatic N) is 3. The number of rotatable bonds is 5. The largest absolute Gasteiger partial charge is 0.340 e. The summed E-state index contributed by atoms with van der Waals surface area (Å²) in [5.74, 6) is 0.809. The molecule has 4 rings (SSSR count). The first-order chi connectivity index (χ1) is 13.6. The summed E-state index contributed by atoms with van der Waals surface area (Å²) in [5, 5.41) is 5.31. The van der Waals surface area contributed by atoms with Crippen LogP contribution in [0.5, 0.6) is 0 Å². The summed E-state index contributed by atoms with van der Waals surface area (Å²) in [4.78, 5) is 26.1. The lowest BCUT2D eigenvalue weighted by Gasteiger charge is -2.32. The van der Waals surface area contributed by atoms with E-state index >= 15 is 0 Å². The van der Waals surface area contributed by atoms with Crippen molar-refractivity contribution in [3.8, 4) is 0 Å². The number of piperidine rings is 1. The number of carbonyl (C=O) groups is 1. The van der Waals surface area contributed by atoms with Gasteiger partial charge in [-0.2, -0.15) is 0 Å². The Balaban J connectivity index is 1.26. The number of H-pyrrole nitrogens is 1. The topological polar surface area (TPSA) is 64.3 Å². The van der Waals surface area contributed by atoms with E-state index < -0.39 is 0 Å². The van der Waals surface area contributed by atoms with Crippen LogP contribution in [0.4, 0.5) is 4.79 Å². The number of amides is 2. The highest BCUT2D eigenvalue weighted by Gasteiger charge is 2.22. The fourth-order valence-electron chi connectivity index (χ4n) is 3.69. The second-order valence-corrected chi connectivity index (χ2v) is 8.67. The fraction of sp³-hybridized carbons (Fsp3) is 0.429. The zero-order valence-electron chi connectivity index (χ0n) is 16.4. The molecule has 2 amide bonds. The average Bonchev–Trinajstić information content (AvgIpc) is 3.32. The molecule has 6 nitrogen and oxygen atoms in total.